The fourth-order valence-electron chi connectivity index (χ4n) is 2.01. The molecule has 4 heteroatoms. The van der Waals surface area contributed by atoms with Gasteiger partial charge >= 0.3 is 5.97 Å². The first-order valence-electron chi connectivity index (χ1n) is 8.05. The minimum atomic E-state index is -1.11. The van der Waals surface area contributed by atoms with E-state index in [9.17, 15) is 4.79 Å². The first kappa shape index (κ1) is 19.9. The summed E-state index contributed by atoms with van der Waals surface area (Å²) in [5.41, 5.74) is 0. The molecule has 0 saturated carbocycles. The normalized spacial score (nSPS) is 13.2. The molecular weight excluding hydrogens is 268 g/mol. The van der Waals surface area contributed by atoms with Crippen LogP contribution in [0.25, 0.3) is 0 Å². The van der Waals surface area contributed by atoms with E-state index in [1.165, 1.54) is 25.7 Å². The van der Waals surface area contributed by atoms with Crippen LogP contribution in [0, 0.1) is 0 Å². The van der Waals surface area contributed by atoms with E-state index in [-0.39, 0.29) is 0 Å². The lowest BCUT2D eigenvalue weighted by Gasteiger charge is -2.07. The molecule has 2 N–H and O–H groups in total. The van der Waals surface area contributed by atoms with E-state index in [1.54, 1.807) is 0 Å². The van der Waals surface area contributed by atoms with Crippen LogP contribution >= 0.6 is 0 Å². The molecule has 0 rings (SSSR count). The molecule has 0 spiro atoms. The Morgan fingerprint density at radius 2 is 1.62 bits per heavy atom. The van der Waals surface area contributed by atoms with Crippen LogP contribution in [0.1, 0.15) is 71.1 Å². The van der Waals surface area contributed by atoms with E-state index < -0.39 is 12.1 Å². The van der Waals surface area contributed by atoms with Crippen molar-refractivity contribution in [1.29, 1.82) is 0 Å². The summed E-state index contributed by atoms with van der Waals surface area (Å²) < 4.78 is 0. The lowest BCUT2D eigenvalue weighted by molar-refractivity contribution is -0.277. The van der Waals surface area contributed by atoms with Gasteiger partial charge in [-0.1, -0.05) is 56.9 Å². The summed E-state index contributed by atoms with van der Waals surface area (Å²) in [5, 5.41) is 17.1. The topological polar surface area (TPSA) is 66.8 Å². The van der Waals surface area contributed by atoms with Gasteiger partial charge in [-0.25, -0.2) is 9.68 Å². The van der Waals surface area contributed by atoms with Crippen molar-refractivity contribution in [2.45, 2.75) is 77.2 Å². The highest BCUT2D eigenvalue weighted by atomic mass is 17.1. The van der Waals surface area contributed by atoms with Gasteiger partial charge < -0.3 is 5.11 Å². The standard InChI is InChI=1S/C17H30O4/c1-2-3-4-5-6-7-8-9-10-11-12-13-14-15-16(21-20)17(18)19/h6-7,9-10,16,20H,2-5,8,11-15H2,1H3,(H,18,19)/b7-6-,10-9-. The molecule has 0 fully saturated rings. The summed E-state index contributed by atoms with van der Waals surface area (Å²) in [7, 11) is 0. The summed E-state index contributed by atoms with van der Waals surface area (Å²) >= 11 is 0. The van der Waals surface area contributed by atoms with E-state index in [2.05, 4.69) is 36.1 Å². The third-order valence-electron chi connectivity index (χ3n) is 3.32. The van der Waals surface area contributed by atoms with Crippen molar-refractivity contribution in [3.8, 4) is 0 Å². The smallest absolute Gasteiger partial charge is 0.336 e. The summed E-state index contributed by atoms with van der Waals surface area (Å²) in [6.45, 7) is 2.21. The maximum atomic E-state index is 10.6. The molecule has 0 aliphatic heterocycles. The van der Waals surface area contributed by atoms with Crippen molar-refractivity contribution >= 4 is 5.97 Å². The predicted molar refractivity (Wildman–Crippen MR) is 85.3 cm³/mol. The second-order valence-corrected chi connectivity index (χ2v) is 5.24. The molecule has 0 aliphatic rings. The van der Waals surface area contributed by atoms with Crippen molar-refractivity contribution in [2.24, 2.45) is 0 Å². The van der Waals surface area contributed by atoms with Crippen molar-refractivity contribution in [3.05, 3.63) is 24.3 Å². The Kier molecular flexibility index (Phi) is 14.4. The second kappa shape index (κ2) is 15.3. The van der Waals surface area contributed by atoms with Gasteiger partial charge in [-0.05, 0) is 38.5 Å². The number of rotatable bonds is 14. The molecule has 21 heavy (non-hydrogen) atoms. The zero-order chi connectivity index (χ0) is 15.8. The van der Waals surface area contributed by atoms with Gasteiger partial charge in [-0.2, -0.15) is 0 Å². The number of aliphatic carboxylic acids is 1. The molecule has 0 radical (unpaired) electrons. The molecule has 0 aliphatic carbocycles. The van der Waals surface area contributed by atoms with E-state index in [1.807, 2.05) is 0 Å². The van der Waals surface area contributed by atoms with Crippen LogP contribution in [-0.2, 0) is 9.68 Å². The number of carboxylic acids is 1. The third-order valence-corrected chi connectivity index (χ3v) is 3.32. The highest BCUT2D eigenvalue weighted by Gasteiger charge is 2.16. The highest BCUT2D eigenvalue weighted by molar-refractivity contribution is 5.72. The Labute approximate surface area is 128 Å². The molecule has 1 atom stereocenters. The zero-order valence-electron chi connectivity index (χ0n) is 13.2. The van der Waals surface area contributed by atoms with Gasteiger partial charge in [-0.3, -0.25) is 5.26 Å². The summed E-state index contributed by atoms with van der Waals surface area (Å²) in [6.07, 6.45) is 17.9. The van der Waals surface area contributed by atoms with Crippen LogP contribution in [0.5, 0.6) is 0 Å². The molecule has 0 aromatic rings. The maximum absolute atomic E-state index is 10.6. The van der Waals surface area contributed by atoms with Gasteiger partial charge in [0.25, 0.3) is 0 Å². The lowest BCUT2D eigenvalue weighted by atomic mass is 10.1. The Morgan fingerprint density at radius 1 is 1.00 bits per heavy atom. The van der Waals surface area contributed by atoms with Gasteiger partial charge in [0.1, 0.15) is 0 Å². The number of carbonyl (C=O) groups is 1. The number of hydrogen-bond acceptors (Lipinski definition) is 3. The average molecular weight is 298 g/mol. The minimum Gasteiger partial charge on any atom is -0.479 e. The first-order chi connectivity index (χ1) is 10.2. The van der Waals surface area contributed by atoms with Gasteiger partial charge in [-0.15, -0.1) is 0 Å². The molecule has 0 bridgehead atoms. The minimum absolute atomic E-state index is 0.357. The van der Waals surface area contributed by atoms with Crippen LogP contribution in [0.2, 0.25) is 0 Å². The molecule has 0 saturated heterocycles. The largest absolute Gasteiger partial charge is 0.479 e. The van der Waals surface area contributed by atoms with Gasteiger partial charge in [0.05, 0.1) is 0 Å². The van der Waals surface area contributed by atoms with Crippen LogP contribution in [-0.4, -0.2) is 22.4 Å². The number of unbranched alkanes of at least 4 members (excludes halogenated alkanes) is 6. The zero-order valence-corrected chi connectivity index (χ0v) is 13.2. The molecule has 0 heterocycles. The van der Waals surface area contributed by atoms with Crippen molar-refractivity contribution in [2.75, 3.05) is 0 Å². The summed E-state index contributed by atoms with van der Waals surface area (Å²) in [5.74, 6) is -1.11. The summed E-state index contributed by atoms with van der Waals surface area (Å²) in [6, 6.07) is 0. The Balaban J connectivity index is 3.38. The highest BCUT2D eigenvalue weighted by Crippen LogP contribution is 2.08. The maximum Gasteiger partial charge on any atom is 0.336 e. The Hall–Kier alpha value is -1.13. The number of hydrogen-bond donors (Lipinski definition) is 2. The fraction of sp³-hybridized carbons (Fsp3) is 0.706. The van der Waals surface area contributed by atoms with Crippen molar-refractivity contribution < 1.29 is 20.0 Å². The molecule has 0 aromatic heterocycles. The van der Waals surface area contributed by atoms with Gasteiger partial charge in [0.15, 0.2) is 6.10 Å². The van der Waals surface area contributed by atoms with E-state index in [4.69, 9.17) is 10.4 Å². The van der Waals surface area contributed by atoms with Crippen LogP contribution in [0.4, 0.5) is 0 Å². The molecule has 122 valence electrons. The molecule has 4 nitrogen and oxygen atoms in total. The molecule has 1 unspecified atom stereocenters. The predicted octanol–water partition coefficient (Wildman–Crippen LogP) is 4.96. The summed E-state index contributed by atoms with van der Waals surface area (Å²) in [4.78, 5) is 14.5. The van der Waals surface area contributed by atoms with Crippen LogP contribution < -0.4 is 0 Å². The van der Waals surface area contributed by atoms with E-state index in [0.717, 1.165) is 32.1 Å². The average Bonchev–Trinajstić information content (AvgIpc) is 2.47. The lowest BCUT2D eigenvalue weighted by Crippen LogP contribution is -2.22. The Bertz CT molecular complexity index is 297. The number of carboxylic acid groups (broad SMARTS) is 1. The molecule has 0 amide bonds. The van der Waals surface area contributed by atoms with Gasteiger partial charge in [0.2, 0.25) is 0 Å². The van der Waals surface area contributed by atoms with Gasteiger partial charge in [0, 0.05) is 0 Å². The SMILES string of the molecule is CCCCC/C=C\C/C=C\CCCCCC(OO)C(=O)O. The molecular formula is C17H30O4. The molecule has 0 aromatic carbocycles. The third kappa shape index (κ3) is 13.6. The monoisotopic (exact) mass is 298 g/mol. The Morgan fingerprint density at radius 3 is 2.14 bits per heavy atom. The first-order valence-corrected chi connectivity index (χ1v) is 8.05. The second-order valence-electron chi connectivity index (χ2n) is 5.24. The van der Waals surface area contributed by atoms with E-state index >= 15 is 0 Å². The van der Waals surface area contributed by atoms with Crippen molar-refractivity contribution in [1.82, 2.24) is 0 Å². The van der Waals surface area contributed by atoms with Crippen molar-refractivity contribution in [3.63, 3.8) is 0 Å². The fourth-order valence-corrected chi connectivity index (χ4v) is 2.01. The van der Waals surface area contributed by atoms with E-state index in [0.29, 0.717) is 6.42 Å². The number of allylic oxidation sites excluding steroid dienone is 4. The van der Waals surface area contributed by atoms with Crippen LogP contribution in [0.15, 0.2) is 24.3 Å². The van der Waals surface area contributed by atoms with Crippen LogP contribution in [0.3, 0.4) is 0 Å². The quantitative estimate of drug-likeness (QED) is 0.206.